The normalized spacial score (nSPS) is 17.7. The molecular formula is C22H27N3O. The first-order chi connectivity index (χ1) is 12.5. The molecule has 2 aromatic carbocycles. The quantitative estimate of drug-likeness (QED) is 0.816. The monoisotopic (exact) mass is 349 g/mol. The number of hydrogen-bond donors (Lipinski definition) is 1. The second-order valence-corrected chi connectivity index (χ2v) is 8.07. The smallest absolute Gasteiger partial charge is 0.254 e. The second kappa shape index (κ2) is 6.44. The maximum atomic E-state index is 12.6. The number of anilines is 1. The second-order valence-electron chi connectivity index (χ2n) is 8.07. The minimum atomic E-state index is 0.106. The molecule has 0 atom stereocenters. The number of nitrogens with zero attached hydrogens (tertiary/aromatic N) is 2. The number of benzene rings is 2. The van der Waals surface area contributed by atoms with Crippen molar-refractivity contribution < 1.29 is 4.79 Å². The lowest BCUT2D eigenvalue weighted by atomic mass is 9.93. The minimum Gasteiger partial charge on any atom is -0.398 e. The number of amides is 1. The zero-order valence-electron chi connectivity index (χ0n) is 15.7. The van der Waals surface area contributed by atoms with E-state index in [1.165, 1.54) is 24.0 Å². The highest BCUT2D eigenvalue weighted by atomic mass is 16.2. The number of carbonyl (C=O) groups is 1. The van der Waals surface area contributed by atoms with Gasteiger partial charge in [0.2, 0.25) is 0 Å². The molecule has 136 valence electrons. The van der Waals surface area contributed by atoms with E-state index in [4.69, 9.17) is 5.73 Å². The Hall–Kier alpha value is -2.33. The van der Waals surface area contributed by atoms with E-state index in [0.29, 0.717) is 12.0 Å². The number of carbonyl (C=O) groups excluding carboxylic acids is 1. The van der Waals surface area contributed by atoms with Crippen molar-refractivity contribution in [1.82, 2.24) is 9.80 Å². The molecule has 0 spiro atoms. The summed E-state index contributed by atoms with van der Waals surface area (Å²) in [6.07, 6.45) is 3.42. The third-order valence-corrected chi connectivity index (χ3v) is 5.76. The van der Waals surface area contributed by atoms with Crippen molar-refractivity contribution in [2.24, 2.45) is 0 Å². The zero-order chi connectivity index (χ0) is 18.3. The Morgan fingerprint density at radius 3 is 2.62 bits per heavy atom. The van der Waals surface area contributed by atoms with Gasteiger partial charge in [0.25, 0.3) is 5.91 Å². The lowest BCUT2D eigenvalue weighted by Crippen LogP contribution is -2.27. The van der Waals surface area contributed by atoms with Crippen molar-refractivity contribution in [3.63, 3.8) is 0 Å². The fourth-order valence-corrected chi connectivity index (χ4v) is 4.21. The lowest BCUT2D eigenvalue weighted by Gasteiger charge is -2.21. The van der Waals surface area contributed by atoms with E-state index >= 15 is 0 Å². The van der Waals surface area contributed by atoms with E-state index in [1.54, 1.807) is 0 Å². The van der Waals surface area contributed by atoms with Crippen LogP contribution in [0.2, 0.25) is 0 Å². The van der Waals surface area contributed by atoms with Gasteiger partial charge >= 0.3 is 0 Å². The van der Waals surface area contributed by atoms with Crippen molar-refractivity contribution >= 4 is 11.6 Å². The molecule has 1 amide bonds. The summed E-state index contributed by atoms with van der Waals surface area (Å²) in [6.45, 7) is 2.47. The molecular weight excluding hydrogens is 322 g/mol. The van der Waals surface area contributed by atoms with Crippen LogP contribution in [0.1, 0.15) is 39.9 Å². The van der Waals surface area contributed by atoms with Gasteiger partial charge in [-0.3, -0.25) is 4.79 Å². The third-order valence-electron chi connectivity index (χ3n) is 5.76. The summed E-state index contributed by atoms with van der Waals surface area (Å²) in [5.41, 5.74) is 11.6. The van der Waals surface area contributed by atoms with E-state index in [2.05, 4.69) is 43.3 Å². The molecule has 1 saturated carbocycles. The molecule has 1 fully saturated rings. The number of nitrogens with two attached hydrogens (primary N) is 1. The van der Waals surface area contributed by atoms with Gasteiger partial charge < -0.3 is 15.5 Å². The number of likely N-dealkylation sites (N-methyl/N-ethyl adjacent to an activating group) is 1. The van der Waals surface area contributed by atoms with Crippen molar-refractivity contribution in [2.75, 3.05) is 32.9 Å². The van der Waals surface area contributed by atoms with E-state index in [-0.39, 0.29) is 5.91 Å². The summed E-state index contributed by atoms with van der Waals surface area (Å²) in [5, 5.41) is 0. The average Bonchev–Trinajstić information content (AvgIpc) is 3.32. The zero-order valence-corrected chi connectivity index (χ0v) is 15.7. The van der Waals surface area contributed by atoms with Crippen molar-refractivity contribution in [1.29, 1.82) is 0 Å². The summed E-state index contributed by atoms with van der Waals surface area (Å²) >= 11 is 0. The number of nitrogen functional groups attached to an aromatic ring is 1. The first-order valence-electron chi connectivity index (χ1n) is 9.39. The summed E-state index contributed by atoms with van der Waals surface area (Å²) < 4.78 is 0. The highest BCUT2D eigenvalue weighted by molar-refractivity contribution is 5.99. The van der Waals surface area contributed by atoms with Gasteiger partial charge in [0.15, 0.2) is 0 Å². The Kier molecular flexibility index (Phi) is 4.23. The molecule has 2 N–H and O–H groups in total. The summed E-state index contributed by atoms with van der Waals surface area (Å²) in [6, 6.07) is 14.6. The molecule has 0 saturated heterocycles. The molecule has 0 unspecified atom stereocenters. The first kappa shape index (κ1) is 17.1. The molecule has 26 heavy (non-hydrogen) atoms. The van der Waals surface area contributed by atoms with Crippen LogP contribution in [0.5, 0.6) is 0 Å². The Labute approximate surface area is 155 Å². The standard InChI is InChI=1S/C22H27N3O/c1-24(2)15-22(10-11-22)17-6-3-5-16(13-17)9-12-25-14-19-18(21(25)26)7-4-8-20(19)23/h3-8,13H,9-12,14-15,23H2,1-2H3. The minimum absolute atomic E-state index is 0.106. The summed E-state index contributed by atoms with van der Waals surface area (Å²) in [4.78, 5) is 16.8. The first-order valence-corrected chi connectivity index (χ1v) is 9.39. The highest BCUT2D eigenvalue weighted by Crippen LogP contribution is 2.48. The fourth-order valence-electron chi connectivity index (χ4n) is 4.21. The molecule has 4 heteroatoms. The maximum absolute atomic E-state index is 12.6. The lowest BCUT2D eigenvalue weighted by molar-refractivity contribution is 0.0780. The molecule has 0 aromatic heterocycles. The molecule has 2 aliphatic rings. The molecule has 1 aliphatic heterocycles. The molecule has 1 aliphatic carbocycles. The Balaban J connectivity index is 1.44. The van der Waals surface area contributed by atoms with E-state index < -0.39 is 0 Å². The fraction of sp³-hybridized carbons (Fsp3) is 0.409. The highest BCUT2D eigenvalue weighted by Gasteiger charge is 2.44. The van der Waals surface area contributed by atoms with Gasteiger partial charge in [-0.25, -0.2) is 0 Å². The topological polar surface area (TPSA) is 49.6 Å². The molecule has 4 rings (SSSR count). The van der Waals surface area contributed by atoms with E-state index in [1.807, 2.05) is 23.1 Å². The summed E-state index contributed by atoms with van der Waals surface area (Å²) in [7, 11) is 4.29. The van der Waals surface area contributed by atoms with Gasteiger partial charge in [-0.2, -0.15) is 0 Å². The molecule has 0 radical (unpaired) electrons. The molecule has 0 bridgehead atoms. The number of hydrogen-bond acceptors (Lipinski definition) is 3. The maximum Gasteiger partial charge on any atom is 0.254 e. The van der Waals surface area contributed by atoms with Crippen molar-refractivity contribution in [3.8, 4) is 0 Å². The van der Waals surface area contributed by atoms with Gasteiger partial charge in [-0.05, 0) is 56.6 Å². The Morgan fingerprint density at radius 1 is 1.15 bits per heavy atom. The largest absolute Gasteiger partial charge is 0.398 e. The van der Waals surface area contributed by atoms with Gasteiger partial charge in [0, 0.05) is 41.9 Å². The van der Waals surface area contributed by atoms with Crippen LogP contribution in [0.4, 0.5) is 5.69 Å². The van der Waals surface area contributed by atoms with Crippen LogP contribution in [-0.4, -0.2) is 42.9 Å². The molecule has 1 heterocycles. The van der Waals surface area contributed by atoms with Gasteiger partial charge in [-0.15, -0.1) is 0 Å². The van der Waals surface area contributed by atoms with Crippen molar-refractivity contribution in [2.45, 2.75) is 31.2 Å². The number of fused-ring (bicyclic) bond motifs is 1. The third kappa shape index (κ3) is 3.10. The van der Waals surface area contributed by atoms with Gasteiger partial charge in [-0.1, -0.05) is 30.3 Å². The molecule has 4 nitrogen and oxygen atoms in total. The van der Waals surface area contributed by atoms with Gasteiger partial charge in [0.05, 0.1) is 0 Å². The SMILES string of the molecule is CN(C)CC1(c2cccc(CCN3Cc4c(N)cccc4C3=O)c2)CC1. The van der Waals surface area contributed by atoms with Crippen LogP contribution in [-0.2, 0) is 18.4 Å². The van der Waals surface area contributed by atoms with Crippen LogP contribution < -0.4 is 5.73 Å². The predicted molar refractivity (Wildman–Crippen MR) is 105 cm³/mol. The Morgan fingerprint density at radius 2 is 1.92 bits per heavy atom. The summed E-state index contributed by atoms with van der Waals surface area (Å²) in [5.74, 6) is 0.106. The van der Waals surface area contributed by atoms with E-state index in [9.17, 15) is 4.79 Å². The molecule has 2 aromatic rings. The van der Waals surface area contributed by atoms with Crippen LogP contribution >= 0.6 is 0 Å². The average molecular weight is 349 g/mol. The van der Waals surface area contributed by atoms with Crippen LogP contribution in [0.15, 0.2) is 42.5 Å². The van der Waals surface area contributed by atoms with E-state index in [0.717, 1.165) is 36.3 Å². The van der Waals surface area contributed by atoms with Crippen LogP contribution in [0.3, 0.4) is 0 Å². The predicted octanol–water partition coefficient (Wildman–Crippen LogP) is 3.06. The Bertz CT molecular complexity index is 839. The van der Waals surface area contributed by atoms with Crippen LogP contribution in [0, 0.1) is 0 Å². The van der Waals surface area contributed by atoms with Crippen molar-refractivity contribution in [3.05, 3.63) is 64.7 Å². The van der Waals surface area contributed by atoms with Gasteiger partial charge in [0.1, 0.15) is 0 Å². The van der Waals surface area contributed by atoms with Crippen LogP contribution in [0.25, 0.3) is 0 Å². The number of rotatable bonds is 6.